The van der Waals surface area contributed by atoms with Crippen LogP contribution in [-0.2, 0) is 10.3 Å². The fourth-order valence-electron chi connectivity index (χ4n) is 4.63. The van der Waals surface area contributed by atoms with Crippen molar-refractivity contribution in [3.8, 4) is 17.2 Å². The van der Waals surface area contributed by atoms with E-state index in [1.807, 2.05) is 25.7 Å². The number of aliphatic hydroxyl groups is 1. The Morgan fingerprint density at radius 1 is 1.03 bits per heavy atom. The van der Waals surface area contributed by atoms with Gasteiger partial charge < -0.3 is 29.0 Å². The molecule has 1 amide bonds. The SMILES string of the molecule is COc1cc(C2(O)CC3CCCC(C2)N3C(=O)OC(C)(C)C)cc(OC)c1OC. The van der Waals surface area contributed by atoms with Crippen molar-refractivity contribution in [1.82, 2.24) is 4.90 Å². The molecule has 7 nitrogen and oxygen atoms in total. The lowest BCUT2D eigenvalue weighted by Crippen LogP contribution is -2.59. The van der Waals surface area contributed by atoms with Gasteiger partial charge in [-0.05, 0) is 57.7 Å². The van der Waals surface area contributed by atoms with Crippen LogP contribution in [0, 0.1) is 0 Å². The number of fused-ring (bicyclic) bond motifs is 2. The van der Waals surface area contributed by atoms with Crippen LogP contribution >= 0.6 is 0 Å². The molecule has 1 N–H and O–H groups in total. The molecule has 1 aromatic rings. The van der Waals surface area contributed by atoms with Crippen LogP contribution in [0.2, 0.25) is 0 Å². The first-order valence-electron chi connectivity index (χ1n) is 10.2. The Morgan fingerprint density at radius 2 is 1.55 bits per heavy atom. The second-order valence-electron chi connectivity index (χ2n) is 8.98. The number of carbonyl (C=O) groups excluding carboxylic acids is 1. The molecule has 2 bridgehead atoms. The van der Waals surface area contributed by atoms with Gasteiger partial charge in [0.2, 0.25) is 5.75 Å². The monoisotopic (exact) mass is 407 g/mol. The first-order valence-corrected chi connectivity index (χ1v) is 10.2. The van der Waals surface area contributed by atoms with Gasteiger partial charge in [0.25, 0.3) is 0 Å². The van der Waals surface area contributed by atoms with Crippen LogP contribution in [0.1, 0.15) is 58.4 Å². The first-order chi connectivity index (χ1) is 13.6. The zero-order chi connectivity index (χ0) is 21.4. The molecule has 1 aromatic carbocycles. The maximum absolute atomic E-state index is 12.8. The number of rotatable bonds is 4. The smallest absolute Gasteiger partial charge is 0.410 e. The molecule has 2 aliphatic heterocycles. The molecule has 7 heteroatoms. The van der Waals surface area contributed by atoms with E-state index in [4.69, 9.17) is 18.9 Å². The third kappa shape index (κ3) is 4.25. The molecule has 2 aliphatic rings. The largest absolute Gasteiger partial charge is 0.493 e. The molecule has 3 rings (SSSR count). The molecule has 2 atom stereocenters. The van der Waals surface area contributed by atoms with Crippen molar-refractivity contribution in [3.63, 3.8) is 0 Å². The highest BCUT2D eigenvalue weighted by Crippen LogP contribution is 2.48. The van der Waals surface area contributed by atoms with Crippen LogP contribution < -0.4 is 14.2 Å². The number of benzene rings is 1. The van der Waals surface area contributed by atoms with Crippen LogP contribution in [0.15, 0.2) is 12.1 Å². The van der Waals surface area contributed by atoms with Crippen LogP contribution in [0.4, 0.5) is 4.79 Å². The Bertz CT molecular complexity index is 717. The molecule has 0 aliphatic carbocycles. The van der Waals surface area contributed by atoms with Crippen molar-refractivity contribution in [2.75, 3.05) is 21.3 Å². The van der Waals surface area contributed by atoms with E-state index in [-0.39, 0.29) is 18.2 Å². The first kappa shape index (κ1) is 21.6. The van der Waals surface area contributed by atoms with Crippen LogP contribution in [0.5, 0.6) is 17.2 Å². The zero-order valence-electron chi connectivity index (χ0n) is 18.3. The molecule has 2 unspecified atom stereocenters. The third-order valence-electron chi connectivity index (χ3n) is 5.81. The molecule has 2 fully saturated rings. The van der Waals surface area contributed by atoms with Crippen LogP contribution in [0.3, 0.4) is 0 Å². The Kier molecular flexibility index (Phi) is 5.90. The van der Waals surface area contributed by atoms with E-state index < -0.39 is 11.2 Å². The van der Waals surface area contributed by atoms with E-state index >= 15 is 0 Å². The summed E-state index contributed by atoms with van der Waals surface area (Å²) in [6.45, 7) is 5.62. The molecule has 0 spiro atoms. The number of hydrogen-bond acceptors (Lipinski definition) is 6. The minimum absolute atomic E-state index is 0.0681. The Labute approximate surface area is 172 Å². The number of hydrogen-bond donors (Lipinski definition) is 1. The molecular weight excluding hydrogens is 374 g/mol. The topological polar surface area (TPSA) is 77.5 Å². The lowest BCUT2D eigenvalue weighted by Gasteiger charge is -2.52. The second kappa shape index (κ2) is 7.94. The van der Waals surface area contributed by atoms with Crippen molar-refractivity contribution in [1.29, 1.82) is 0 Å². The molecule has 29 heavy (non-hydrogen) atoms. The molecule has 0 saturated carbocycles. The van der Waals surface area contributed by atoms with Crippen molar-refractivity contribution in [2.24, 2.45) is 0 Å². The highest BCUT2D eigenvalue weighted by molar-refractivity contribution is 5.69. The van der Waals surface area contributed by atoms with Gasteiger partial charge in [-0.3, -0.25) is 0 Å². The predicted octanol–water partition coefficient (Wildman–Crippen LogP) is 3.85. The van der Waals surface area contributed by atoms with Gasteiger partial charge in [0.1, 0.15) is 5.60 Å². The Hall–Kier alpha value is -2.15. The van der Waals surface area contributed by atoms with E-state index in [9.17, 15) is 9.90 Å². The quantitative estimate of drug-likeness (QED) is 0.817. The summed E-state index contributed by atoms with van der Waals surface area (Å²) in [6, 6.07) is 3.48. The molecule has 2 saturated heterocycles. The normalized spacial score (nSPS) is 26.7. The number of piperidine rings is 2. The summed E-state index contributed by atoms with van der Waals surface area (Å²) in [7, 11) is 4.68. The summed E-state index contributed by atoms with van der Waals surface area (Å²) >= 11 is 0. The third-order valence-corrected chi connectivity index (χ3v) is 5.81. The van der Waals surface area contributed by atoms with Gasteiger partial charge in [-0.1, -0.05) is 0 Å². The van der Waals surface area contributed by atoms with Gasteiger partial charge >= 0.3 is 6.09 Å². The van der Waals surface area contributed by atoms with Crippen molar-refractivity contribution >= 4 is 6.09 Å². The summed E-state index contributed by atoms with van der Waals surface area (Å²) in [5, 5.41) is 11.7. The van der Waals surface area contributed by atoms with Crippen molar-refractivity contribution < 1.29 is 28.8 Å². The van der Waals surface area contributed by atoms with Crippen LogP contribution in [0.25, 0.3) is 0 Å². The minimum Gasteiger partial charge on any atom is -0.493 e. The Balaban J connectivity index is 1.93. The average Bonchev–Trinajstić information content (AvgIpc) is 2.64. The molecule has 2 heterocycles. The van der Waals surface area contributed by atoms with Gasteiger partial charge in [0.15, 0.2) is 11.5 Å². The Morgan fingerprint density at radius 3 is 1.97 bits per heavy atom. The predicted molar refractivity (Wildman–Crippen MR) is 109 cm³/mol. The van der Waals surface area contributed by atoms with E-state index in [1.54, 1.807) is 33.5 Å². The molecule has 0 aromatic heterocycles. The van der Waals surface area contributed by atoms with Gasteiger partial charge in [-0.15, -0.1) is 0 Å². The van der Waals surface area contributed by atoms with E-state index in [2.05, 4.69) is 0 Å². The number of carbonyl (C=O) groups is 1. The summed E-state index contributed by atoms with van der Waals surface area (Å²) < 4.78 is 22.0. The van der Waals surface area contributed by atoms with E-state index in [1.165, 1.54) is 0 Å². The van der Waals surface area contributed by atoms with Crippen molar-refractivity contribution in [3.05, 3.63) is 17.7 Å². The average molecular weight is 408 g/mol. The lowest BCUT2D eigenvalue weighted by molar-refractivity contribution is -0.0966. The molecule has 0 radical (unpaired) electrons. The van der Waals surface area contributed by atoms with Gasteiger partial charge in [0, 0.05) is 24.9 Å². The molecular formula is C22H33NO6. The van der Waals surface area contributed by atoms with E-state index in [0.717, 1.165) is 19.3 Å². The second-order valence-corrected chi connectivity index (χ2v) is 8.98. The summed E-state index contributed by atoms with van der Waals surface area (Å²) in [5.41, 5.74) is -0.913. The summed E-state index contributed by atoms with van der Waals surface area (Å²) in [6.07, 6.45) is 3.34. The fourth-order valence-corrected chi connectivity index (χ4v) is 4.63. The summed E-state index contributed by atoms with van der Waals surface area (Å²) in [5.74, 6) is 1.51. The van der Waals surface area contributed by atoms with Gasteiger partial charge in [-0.25, -0.2) is 4.79 Å². The maximum Gasteiger partial charge on any atom is 0.410 e. The van der Waals surface area contributed by atoms with Crippen LogP contribution in [-0.4, -0.2) is 55.1 Å². The van der Waals surface area contributed by atoms with Gasteiger partial charge in [-0.2, -0.15) is 0 Å². The minimum atomic E-state index is -1.08. The standard InChI is InChI=1S/C22H33NO6/c1-21(2,3)29-20(24)23-15-8-7-9-16(23)13-22(25,12-15)14-10-17(26-4)19(28-6)18(11-14)27-5/h10-11,15-16,25H,7-9,12-13H2,1-6H3. The zero-order valence-corrected chi connectivity index (χ0v) is 18.3. The lowest BCUT2D eigenvalue weighted by atomic mass is 9.72. The van der Waals surface area contributed by atoms with E-state index in [0.29, 0.717) is 35.7 Å². The number of methoxy groups -OCH3 is 3. The number of amides is 1. The molecule has 162 valence electrons. The number of nitrogens with zero attached hydrogens (tertiary/aromatic N) is 1. The highest BCUT2D eigenvalue weighted by Gasteiger charge is 2.49. The fraction of sp³-hybridized carbons (Fsp3) is 0.682. The van der Waals surface area contributed by atoms with Gasteiger partial charge in [0.05, 0.1) is 26.9 Å². The summed E-state index contributed by atoms with van der Waals surface area (Å²) in [4.78, 5) is 14.7. The number of ether oxygens (including phenoxy) is 4. The maximum atomic E-state index is 12.8. The van der Waals surface area contributed by atoms with Crippen molar-refractivity contribution in [2.45, 2.75) is 76.2 Å². The highest BCUT2D eigenvalue weighted by atomic mass is 16.6.